The smallest absolute Gasteiger partial charge is 0.226 e. The Morgan fingerprint density at radius 2 is 1.69 bits per heavy atom. The van der Waals surface area contributed by atoms with Gasteiger partial charge in [-0.05, 0) is 62.0 Å². The maximum atomic E-state index is 13.1. The van der Waals surface area contributed by atoms with E-state index in [1.54, 1.807) is 0 Å². The molecule has 2 aliphatic rings. The van der Waals surface area contributed by atoms with Gasteiger partial charge >= 0.3 is 0 Å². The molecule has 3 heterocycles. The highest BCUT2D eigenvalue weighted by Gasteiger charge is 2.35. The van der Waals surface area contributed by atoms with Gasteiger partial charge in [-0.1, -0.05) is 30.3 Å². The Morgan fingerprint density at radius 1 is 0.962 bits per heavy atom. The number of rotatable bonds is 4. The molecular weight excluding hydrogens is 322 g/mol. The predicted molar refractivity (Wildman–Crippen MR) is 102 cm³/mol. The number of aromatic nitrogens is 1. The second-order valence-electron chi connectivity index (χ2n) is 7.51. The summed E-state index contributed by atoms with van der Waals surface area (Å²) >= 11 is 0. The van der Waals surface area contributed by atoms with Crippen LogP contribution >= 0.6 is 0 Å². The van der Waals surface area contributed by atoms with Crippen molar-refractivity contribution in [1.82, 2.24) is 14.8 Å². The van der Waals surface area contributed by atoms with Crippen molar-refractivity contribution >= 4 is 5.91 Å². The van der Waals surface area contributed by atoms with Crippen LogP contribution in [0.1, 0.15) is 42.9 Å². The summed E-state index contributed by atoms with van der Waals surface area (Å²) in [6.45, 7) is 3.92. The Balaban J connectivity index is 1.34. The molecule has 0 bridgehead atoms. The maximum absolute atomic E-state index is 13.1. The number of nitrogens with zero attached hydrogens (tertiary/aromatic N) is 3. The lowest BCUT2D eigenvalue weighted by atomic mass is 9.94. The molecule has 1 aromatic carbocycles. The molecule has 1 amide bonds. The molecular formula is C22H27N3O. The van der Waals surface area contributed by atoms with Crippen LogP contribution in [-0.2, 0) is 11.3 Å². The lowest BCUT2D eigenvalue weighted by Crippen LogP contribution is -2.42. The van der Waals surface area contributed by atoms with Gasteiger partial charge in [-0.25, -0.2) is 0 Å². The van der Waals surface area contributed by atoms with Gasteiger partial charge in [0.2, 0.25) is 5.91 Å². The van der Waals surface area contributed by atoms with Crippen molar-refractivity contribution in [3.8, 4) is 0 Å². The zero-order valence-corrected chi connectivity index (χ0v) is 15.3. The highest BCUT2D eigenvalue weighted by Crippen LogP contribution is 2.34. The average Bonchev–Trinajstić information content (AvgIpc) is 3.19. The number of hydrogen-bond donors (Lipinski definition) is 0. The first-order chi connectivity index (χ1) is 12.8. The van der Waals surface area contributed by atoms with Crippen molar-refractivity contribution in [2.24, 2.45) is 5.92 Å². The van der Waals surface area contributed by atoms with E-state index in [1.807, 2.05) is 12.4 Å². The van der Waals surface area contributed by atoms with Gasteiger partial charge in [0, 0.05) is 31.4 Å². The van der Waals surface area contributed by atoms with Crippen LogP contribution in [0.25, 0.3) is 0 Å². The van der Waals surface area contributed by atoms with Crippen molar-refractivity contribution in [2.75, 3.05) is 19.6 Å². The van der Waals surface area contributed by atoms with Gasteiger partial charge in [0.15, 0.2) is 0 Å². The molecule has 0 spiro atoms. The number of benzene rings is 1. The molecule has 136 valence electrons. The number of carbonyl (C=O) groups is 1. The van der Waals surface area contributed by atoms with E-state index in [-0.39, 0.29) is 12.0 Å². The number of pyridine rings is 1. The van der Waals surface area contributed by atoms with Crippen LogP contribution in [-0.4, -0.2) is 40.3 Å². The molecule has 0 N–H and O–H groups in total. The molecule has 2 aliphatic heterocycles. The molecule has 2 saturated heterocycles. The van der Waals surface area contributed by atoms with Gasteiger partial charge in [0.05, 0.1) is 6.04 Å². The third-order valence-electron chi connectivity index (χ3n) is 5.81. The molecule has 1 atom stereocenters. The molecule has 26 heavy (non-hydrogen) atoms. The second kappa shape index (κ2) is 8.00. The molecule has 0 saturated carbocycles. The highest BCUT2D eigenvalue weighted by molar-refractivity contribution is 5.79. The van der Waals surface area contributed by atoms with Crippen LogP contribution in [0.2, 0.25) is 0 Å². The summed E-state index contributed by atoms with van der Waals surface area (Å²) in [6, 6.07) is 15.0. The first-order valence-corrected chi connectivity index (χ1v) is 9.78. The minimum absolute atomic E-state index is 0.185. The minimum atomic E-state index is 0.185. The van der Waals surface area contributed by atoms with Crippen molar-refractivity contribution in [3.05, 3.63) is 66.0 Å². The van der Waals surface area contributed by atoms with E-state index in [1.165, 1.54) is 11.1 Å². The van der Waals surface area contributed by atoms with Crippen LogP contribution in [0, 0.1) is 5.92 Å². The summed E-state index contributed by atoms with van der Waals surface area (Å²) in [5.74, 6) is 0.549. The van der Waals surface area contributed by atoms with Crippen LogP contribution in [0.5, 0.6) is 0 Å². The summed E-state index contributed by atoms with van der Waals surface area (Å²) in [7, 11) is 0. The van der Waals surface area contributed by atoms with E-state index in [0.29, 0.717) is 5.91 Å². The predicted octanol–water partition coefficient (Wildman–Crippen LogP) is 3.66. The summed E-state index contributed by atoms with van der Waals surface area (Å²) < 4.78 is 0. The Kier molecular flexibility index (Phi) is 5.30. The lowest BCUT2D eigenvalue weighted by Gasteiger charge is -2.35. The topological polar surface area (TPSA) is 36.4 Å². The van der Waals surface area contributed by atoms with E-state index in [0.717, 1.165) is 51.9 Å². The second-order valence-corrected chi connectivity index (χ2v) is 7.51. The quantitative estimate of drug-likeness (QED) is 0.845. The third-order valence-corrected chi connectivity index (χ3v) is 5.81. The molecule has 1 aromatic heterocycles. The summed E-state index contributed by atoms with van der Waals surface area (Å²) in [4.78, 5) is 21.9. The SMILES string of the molecule is O=C(C1CCN(Cc2ccccc2)CC1)N1CCC[C@H]1c1ccncc1. The van der Waals surface area contributed by atoms with Crippen LogP contribution in [0.15, 0.2) is 54.9 Å². The zero-order chi connectivity index (χ0) is 17.8. The molecule has 4 nitrogen and oxygen atoms in total. The molecule has 0 unspecified atom stereocenters. The van der Waals surface area contributed by atoms with Gasteiger partial charge in [0.25, 0.3) is 0 Å². The Hall–Kier alpha value is -2.20. The zero-order valence-electron chi connectivity index (χ0n) is 15.3. The third kappa shape index (κ3) is 3.80. The van der Waals surface area contributed by atoms with Crippen LogP contribution < -0.4 is 0 Å². The largest absolute Gasteiger partial charge is 0.335 e. The fraction of sp³-hybridized carbons (Fsp3) is 0.455. The molecule has 4 rings (SSSR count). The van der Waals surface area contributed by atoms with Gasteiger partial charge in [-0.2, -0.15) is 0 Å². The van der Waals surface area contributed by atoms with Crippen LogP contribution in [0.4, 0.5) is 0 Å². The monoisotopic (exact) mass is 349 g/mol. The standard InChI is InChI=1S/C22H27N3O/c26-22(25-14-4-7-21(25)19-8-12-23-13-9-19)20-10-15-24(16-11-20)17-18-5-2-1-3-6-18/h1-3,5-6,8-9,12-13,20-21H,4,7,10-11,14-17H2/t21-/m0/s1. The number of hydrogen-bond acceptors (Lipinski definition) is 3. The van der Waals surface area contributed by atoms with Crippen molar-refractivity contribution in [2.45, 2.75) is 38.3 Å². The Labute approximate surface area is 155 Å². The maximum Gasteiger partial charge on any atom is 0.226 e. The number of carbonyl (C=O) groups excluding carboxylic acids is 1. The van der Waals surface area contributed by atoms with Gasteiger partial charge in [-0.3, -0.25) is 14.7 Å². The Bertz CT molecular complexity index is 711. The number of amides is 1. The fourth-order valence-electron chi connectivity index (χ4n) is 4.38. The number of piperidine rings is 1. The van der Waals surface area contributed by atoms with Crippen LogP contribution in [0.3, 0.4) is 0 Å². The Morgan fingerprint density at radius 3 is 2.42 bits per heavy atom. The summed E-state index contributed by atoms with van der Waals surface area (Å²) in [6.07, 6.45) is 7.79. The van der Waals surface area contributed by atoms with E-state index >= 15 is 0 Å². The fourth-order valence-corrected chi connectivity index (χ4v) is 4.38. The first kappa shape index (κ1) is 17.2. The van der Waals surface area contributed by atoms with E-state index in [4.69, 9.17) is 0 Å². The lowest BCUT2D eigenvalue weighted by molar-refractivity contribution is -0.138. The molecule has 4 heteroatoms. The molecule has 0 radical (unpaired) electrons. The average molecular weight is 349 g/mol. The van der Waals surface area contributed by atoms with Crippen molar-refractivity contribution in [1.29, 1.82) is 0 Å². The van der Waals surface area contributed by atoms with E-state index < -0.39 is 0 Å². The van der Waals surface area contributed by atoms with Crippen molar-refractivity contribution < 1.29 is 4.79 Å². The number of likely N-dealkylation sites (tertiary alicyclic amines) is 2. The normalized spacial score (nSPS) is 21.8. The first-order valence-electron chi connectivity index (χ1n) is 9.78. The summed E-state index contributed by atoms with van der Waals surface area (Å²) in [5.41, 5.74) is 2.59. The van der Waals surface area contributed by atoms with Gasteiger partial charge < -0.3 is 4.90 Å². The molecule has 2 aromatic rings. The molecule has 0 aliphatic carbocycles. The van der Waals surface area contributed by atoms with Gasteiger partial charge in [-0.15, -0.1) is 0 Å². The van der Waals surface area contributed by atoms with Crippen molar-refractivity contribution in [3.63, 3.8) is 0 Å². The minimum Gasteiger partial charge on any atom is -0.335 e. The summed E-state index contributed by atoms with van der Waals surface area (Å²) in [5, 5.41) is 0. The highest BCUT2D eigenvalue weighted by atomic mass is 16.2. The molecule has 2 fully saturated rings. The van der Waals surface area contributed by atoms with E-state index in [9.17, 15) is 4.79 Å². The van der Waals surface area contributed by atoms with Gasteiger partial charge in [0.1, 0.15) is 0 Å². The van der Waals surface area contributed by atoms with E-state index in [2.05, 4.69) is 57.2 Å².